The maximum Gasteiger partial charge on any atom is 0.115 e. The van der Waals surface area contributed by atoms with Crippen molar-refractivity contribution in [3.63, 3.8) is 0 Å². The lowest BCUT2D eigenvalue weighted by Gasteiger charge is -2.29. The van der Waals surface area contributed by atoms with Gasteiger partial charge < -0.3 is 10.2 Å². The monoisotopic (exact) mass is 346 g/mol. The molecule has 3 aromatic carbocycles. The van der Waals surface area contributed by atoms with Gasteiger partial charge in [0.25, 0.3) is 0 Å². The molecule has 26 heavy (non-hydrogen) atoms. The highest BCUT2D eigenvalue weighted by atomic mass is 16.3. The lowest BCUT2D eigenvalue weighted by atomic mass is 9.74. The summed E-state index contributed by atoms with van der Waals surface area (Å²) < 4.78 is 0. The van der Waals surface area contributed by atoms with Gasteiger partial charge in [-0.3, -0.25) is 0 Å². The molecule has 0 amide bonds. The van der Waals surface area contributed by atoms with Gasteiger partial charge in [0.1, 0.15) is 11.5 Å². The highest BCUT2D eigenvalue weighted by Crippen LogP contribution is 2.36. The fraction of sp³-hybridized carbons (Fsp3) is 0.250. The van der Waals surface area contributed by atoms with E-state index < -0.39 is 0 Å². The summed E-state index contributed by atoms with van der Waals surface area (Å²) in [5.41, 5.74) is 4.33. The van der Waals surface area contributed by atoms with Gasteiger partial charge in [0.05, 0.1) is 0 Å². The quantitative estimate of drug-likeness (QED) is 0.631. The minimum atomic E-state index is -0.194. The van der Waals surface area contributed by atoms with Crippen LogP contribution in [0.4, 0.5) is 0 Å². The second-order valence-corrected chi connectivity index (χ2v) is 7.92. The highest BCUT2D eigenvalue weighted by Gasteiger charge is 2.26. The number of hydrogen-bond acceptors (Lipinski definition) is 2. The smallest absolute Gasteiger partial charge is 0.115 e. The molecule has 0 radical (unpaired) electrons. The van der Waals surface area contributed by atoms with Crippen molar-refractivity contribution in [1.29, 1.82) is 0 Å². The summed E-state index contributed by atoms with van der Waals surface area (Å²) in [6.07, 6.45) is 0. The second-order valence-electron chi connectivity index (χ2n) is 7.92. The summed E-state index contributed by atoms with van der Waals surface area (Å²) in [5.74, 6) is 0.577. The molecule has 0 spiro atoms. The minimum absolute atomic E-state index is 0.151. The molecule has 0 atom stereocenters. The Balaban J connectivity index is 1.94. The first kappa shape index (κ1) is 18.1. The van der Waals surface area contributed by atoms with E-state index in [0.29, 0.717) is 5.75 Å². The zero-order valence-electron chi connectivity index (χ0n) is 15.8. The Morgan fingerprint density at radius 3 is 1.38 bits per heavy atom. The number of phenolic OH excluding ortho intramolecular Hbond substituents is 2. The van der Waals surface area contributed by atoms with Crippen LogP contribution in [0.5, 0.6) is 11.5 Å². The zero-order chi connectivity index (χ0) is 18.9. The Morgan fingerprint density at radius 2 is 0.923 bits per heavy atom. The Kier molecular flexibility index (Phi) is 4.53. The number of benzene rings is 3. The van der Waals surface area contributed by atoms with E-state index in [1.54, 1.807) is 18.2 Å². The first-order valence-electron chi connectivity index (χ1n) is 8.91. The van der Waals surface area contributed by atoms with E-state index in [1.807, 2.05) is 30.3 Å². The van der Waals surface area contributed by atoms with Gasteiger partial charge in [-0.2, -0.15) is 0 Å². The van der Waals surface area contributed by atoms with Crippen molar-refractivity contribution in [2.45, 2.75) is 38.5 Å². The Hall–Kier alpha value is -2.74. The van der Waals surface area contributed by atoms with Gasteiger partial charge in [0, 0.05) is 10.8 Å². The Bertz CT molecular complexity index is 888. The summed E-state index contributed by atoms with van der Waals surface area (Å²) in [5, 5.41) is 19.3. The molecular weight excluding hydrogens is 320 g/mol. The summed E-state index contributed by atoms with van der Waals surface area (Å²) in [6.45, 7) is 8.72. The molecule has 0 aliphatic rings. The third-order valence-corrected chi connectivity index (χ3v) is 5.49. The van der Waals surface area contributed by atoms with E-state index in [2.05, 4.69) is 52.0 Å². The fourth-order valence-corrected chi connectivity index (χ4v) is 3.41. The van der Waals surface area contributed by atoms with Crippen molar-refractivity contribution in [3.05, 3.63) is 95.1 Å². The van der Waals surface area contributed by atoms with Crippen LogP contribution in [0, 0.1) is 0 Å². The summed E-state index contributed by atoms with van der Waals surface area (Å²) >= 11 is 0. The predicted octanol–water partition coefficient (Wildman–Crippen LogP) is 5.75. The van der Waals surface area contributed by atoms with Crippen molar-refractivity contribution >= 4 is 0 Å². The number of aromatic hydroxyl groups is 2. The summed E-state index contributed by atoms with van der Waals surface area (Å²) in [4.78, 5) is 0. The summed E-state index contributed by atoms with van der Waals surface area (Å²) in [7, 11) is 0. The maximum absolute atomic E-state index is 9.80. The number of hydrogen-bond donors (Lipinski definition) is 2. The molecule has 134 valence electrons. The van der Waals surface area contributed by atoms with E-state index in [9.17, 15) is 10.2 Å². The van der Waals surface area contributed by atoms with Crippen molar-refractivity contribution in [2.75, 3.05) is 0 Å². The standard InChI is InChI=1S/C24H26O2/c1-23(2,19-12-14-21(25)15-13-19)17-8-10-18(11-9-17)24(3,4)20-6-5-7-22(26)16-20/h5-16,25-26H,1-4H3. The van der Waals surface area contributed by atoms with Crippen molar-refractivity contribution < 1.29 is 10.2 Å². The second kappa shape index (κ2) is 6.53. The van der Waals surface area contributed by atoms with Crippen LogP contribution in [0.3, 0.4) is 0 Å². The molecule has 0 heterocycles. The molecule has 0 aliphatic carbocycles. The van der Waals surface area contributed by atoms with Crippen LogP contribution >= 0.6 is 0 Å². The topological polar surface area (TPSA) is 40.5 Å². The van der Waals surface area contributed by atoms with Crippen LogP contribution in [0.15, 0.2) is 72.8 Å². The molecule has 2 N–H and O–H groups in total. The first-order chi connectivity index (χ1) is 12.2. The fourth-order valence-electron chi connectivity index (χ4n) is 3.41. The largest absolute Gasteiger partial charge is 0.508 e. The van der Waals surface area contributed by atoms with Crippen LogP contribution in [-0.2, 0) is 10.8 Å². The molecule has 3 rings (SSSR count). The molecule has 2 heteroatoms. The van der Waals surface area contributed by atoms with Crippen LogP contribution in [0.25, 0.3) is 0 Å². The van der Waals surface area contributed by atoms with E-state index in [0.717, 1.165) is 11.1 Å². The van der Waals surface area contributed by atoms with Crippen molar-refractivity contribution in [3.8, 4) is 11.5 Å². The zero-order valence-corrected chi connectivity index (χ0v) is 15.8. The van der Waals surface area contributed by atoms with Gasteiger partial charge in [0.15, 0.2) is 0 Å². The molecule has 0 aromatic heterocycles. The van der Waals surface area contributed by atoms with Gasteiger partial charge in [0.2, 0.25) is 0 Å². The molecular formula is C24H26O2. The highest BCUT2D eigenvalue weighted by molar-refractivity contribution is 5.45. The third-order valence-electron chi connectivity index (χ3n) is 5.49. The van der Waals surface area contributed by atoms with Crippen LogP contribution in [0.2, 0.25) is 0 Å². The third kappa shape index (κ3) is 3.32. The average molecular weight is 346 g/mol. The van der Waals surface area contributed by atoms with Gasteiger partial charge in [-0.1, -0.05) is 76.2 Å². The molecule has 3 aromatic rings. The molecule has 0 unspecified atom stereocenters. The average Bonchev–Trinajstić information content (AvgIpc) is 2.62. The van der Waals surface area contributed by atoms with E-state index in [-0.39, 0.29) is 16.6 Å². The van der Waals surface area contributed by atoms with Gasteiger partial charge in [-0.25, -0.2) is 0 Å². The van der Waals surface area contributed by atoms with E-state index in [1.165, 1.54) is 11.1 Å². The van der Waals surface area contributed by atoms with Gasteiger partial charge >= 0.3 is 0 Å². The molecule has 0 bridgehead atoms. The lowest BCUT2D eigenvalue weighted by Crippen LogP contribution is -2.21. The van der Waals surface area contributed by atoms with Crippen LogP contribution in [-0.4, -0.2) is 10.2 Å². The van der Waals surface area contributed by atoms with Crippen molar-refractivity contribution in [2.24, 2.45) is 0 Å². The van der Waals surface area contributed by atoms with Crippen molar-refractivity contribution in [1.82, 2.24) is 0 Å². The summed E-state index contributed by atoms with van der Waals surface area (Å²) in [6, 6.07) is 23.6. The lowest BCUT2D eigenvalue weighted by molar-refractivity contribution is 0.472. The normalized spacial score (nSPS) is 12.2. The molecule has 2 nitrogen and oxygen atoms in total. The molecule has 0 saturated heterocycles. The molecule has 0 saturated carbocycles. The maximum atomic E-state index is 9.80. The minimum Gasteiger partial charge on any atom is -0.508 e. The van der Waals surface area contributed by atoms with Crippen LogP contribution in [0.1, 0.15) is 49.9 Å². The molecule has 0 fully saturated rings. The van der Waals surface area contributed by atoms with Gasteiger partial charge in [-0.15, -0.1) is 0 Å². The van der Waals surface area contributed by atoms with E-state index in [4.69, 9.17) is 0 Å². The van der Waals surface area contributed by atoms with E-state index >= 15 is 0 Å². The molecule has 0 aliphatic heterocycles. The first-order valence-corrected chi connectivity index (χ1v) is 8.91. The SMILES string of the molecule is CC(C)(c1ccc(O)cc1)c1ccc(C(C)(C)c2cccc(O)c2)cc1. The van der Waals surface area contributed by atoms with Gasteiger partial charge in [-0.05, 0) is 46.5 Å². The van der Waals surface area contributed by atoms with Crippen LogP contribution < -0.4 is 0 Å². The number of rotatable bonds is 4. The Labute approximate surface area is 155 Å². The predicted molar refractivity (Wildman–Crippen MR) is 107 cm³/mol. The Morgan fingerprint density at radius 1 is 0.500 bits per heavy atom. The number of phenols is 2.